The van der Waals surface area contributed by atoms with Crippen LogP contribution in [0.2, 0.25) is 0 Å². The summed E-state index contributed by atoms with van der Waals surface area (Å²) in [7, 11) is 0. The van der Waals surface area contributed by atoms with E-state index in [4.69, 9.17) is 0 Å². The monoisotopic (exact) mass is 221 g/mol. The van der Waals surface area contributed by atoms with Crippen molar-refractivity contribution in [2.75, 3.05) is 13.1 Å². The summed E-state index contributed by atoms with van der Waals surface area (Å²) in [6.45, 7) is 1.97. The molecule has 2 heterocycles. The molecule has 0 saturated carbocycles. The van der Waals surface area contributed by atoms with Crippen molar-refractivity contribution in [3.63, 3.8) is 0 Å². The van der Waals surface area contributed by atoms with Gasteiger partial charge in [0.2, 0.25) is 0 Å². The van der Waals surface area contributed by atoms with E-state index in [0.717, 1.165) is 18.4 Å². The van der Waals surface area contributed by atoms with Crippen molar-refractivity contribution < 1.29 is 4.92 Å². The summed E-state index contributed by atoms with van der Waals surface area (Å²) in [5, 5.41) is 13.3. The van der Waals surface area contributed by atoms with Crippen LogP contribution in [0, 0.1) is 10.1 Å². The first-order valence-corrected chi connectivity index (χ1v) is 4.85. The predicted octanol–water partition coefficient (Wildman–Crippen LogP) is -0.0426. The maximum absolute atomic E-state index is 10.4. The average Bonchev–Trinajstić information content (AvgIpc) is 2.66. The van der Waals surface area contributed by atoms with Crippen molar-refractivity contribution in [1.29, 1.82) is 0 Å². The summed E-state index contributed by atoms with van der Waals surface area (Å²) in [5.41, 5.74) is 0.792. The van der Waals surface area contributed by atoms with Crippen LogP contribution in [0.4, 0.5) is 0 Å². The number of nitrogens with one attached hydrogen (secondary N) is 1. The molecule has 0 atom stereocenters. The van der Waals surface area contributed by atoms with Crippen molar-refractivity contribution in [2.24, 2.45) is 0 Å². The molecule has 1 aliphatic rings. The van der Waals surface area contributed by atoms with Gasteiger partial charge >= 0.3 is 0 Å². The van der Waals surface area contributed by atoms with E-state index in [0.29, 0.717) is 18.9 Å². The fourth-order valence-electron chi connectivity index (χ4n) is 1.55. The van der Waals surface area contributed by atoms with Gasteiger partial charge in [0.15, 0.2) is 5.82 Å². The largest absolute Gasteiger partial charge is 0.365 e. The van der Waals surface area contributed by atoms with Crippen molar-refractivity contribution in [2.45, 2.75) is 6.54 Å². The summed E-state index contributed by atoms with van der Waals surface area (Å²) in [4.78, 5) is 19.9. The van der Waals surface area contributed by atoms with Gasteiger partial charge in [-0.2, -0.15) is 0 Å². The van der Waals surface area contributed by atoms with E-state index < -0.39 is 4.92 Å². The molecule has 1 saturated heterocycles. The maximum atomic E-state index is 10.4. The second kappa shape index (κ2) is 4.56. The molecule has 1 aromatic heterocycles. The fourth-order valence-corrected chi connectivity index (χ4v) is 1.55. The lowest BCUT2D eigenvalue weighted by molar-refractivity contribution is -0.404. The summed E-state index contributed by atoms with van der Waals surface area (Å²) in [6.07, 6.45) is 5.83. The normalized spacial score (nSPS) is 17.5. The van der Waals surface area contributed by atoms with Crippen LogP contribution in [-0.4, -0.2) is 32.9 Å². The van der Waals surface area contributed by atoms with E-state index in [9.17, 15) is 10.1 Å². The van der Waals surface area contributed by atoms with Crippen molar-refractivity contribution in [3.05, 3.63) is 46.4 Å². The lowest BCUT2D eigenvalue weighted by atomic mass is 10.4. The van der Waals surface area contributed by atoms with Crippen LogP contribution in [0.1, 0.15) is 5.69 Å². The number of hydrogen-bond acceptors (Lipinski definition) is 6. The SMILES string of the molecule is O=[N+]([O-])C=C1NCCN1Cc1cnccn1. The minimum atomic E-state index is -0.461. The maximum Gasteiger partial charge on any atom is 0.274 e. The molecule has 1 aromatic rings. The Hall–Kier alpha value is -2.18. The Kier molecular flexibility index (Phi) is 2.95. The van der Waals surface area contributed by atoms with Gasteiger partial charge in [0.1, 0.15) is 0 Å². The molecule has 1 fully saturated rings. The standard InChI is InChI=1S/C9H11N5O2/c15-14(16)7-9-12-3-4-13(9)6-8-5-10-1-2-11-8/h1-2,5,7,12H,3-4,6H2. The Bertz CT molecular complexity index is 406. The van der Waals surface area contributed by atoms with Crippen molar-refractivity contribution >= 4 is 0 Å². The minimum Gasteiger partial charge on any atom is -0.365 e. The number of hydrogen-bond donors (Lipinski definition) is 1. The van der Waals surface area contributed by atoms with Gasteiger partial charge in [0.25, 0.3) is 6.20 Å². The number of aromatic nitrogens is 2. The van der Waals surface area contributed by atoms with Gasteiger partial charge < -0.3 is 10.2 Å². The zero-order chi connectivity index (χ0) is 11.4. The van der Waals surface area contributed by atoms with Crippen molar-refractivity contribution in [1.82, 2.24) is 20.2 Å². The van der Waals surface area contributed by atoms with E-state index in [-0.39, 0.29) is 0 Å². The van der Waals surface area contributed by atoms with E-state index in [1.807, 2.05) is 4.90 Å². The van der Waals surface area contributed by atoms with Crippen LogP contribution in [0.25, 0.3) is 0 Å². The quantitative estimate of drug-likeness (QED) is 0.569. The number of nitro groups is 1. The zero-order valence-corrected chi connectivity index (χ0v) is 8.54. The Balaban J connectivity index is 2.07. The third-order valence-electron chi connectivity index (χ3n) is 2.23. The van der Waals surface area contributed by atoms with Crippen LogP contribution in [0.3, 0.4) is 0 Å². The van der Waals surface area contributed by atoms with Crippen LogP contribution < -0.4 is 5.32 Å². The zero-order valence-electron chi connectivity index (χ0n) is 8.54. The Morgan fingerprint density at radius 3 is 3.19 bits per heavy atom. The molecular weight excluding hydrogens is 210 g/mol. The van der Waals surface area contributed by atoms with E-state index in [1.165, 1.54) is 0 Å². The summed E-state index contributed by atoms with van der Waals surface area (Å²) in [5.74, 6) is 0.524. The molecule has 0 amide bonds. The highest BCUT2D eigenvalue weighted by atomic mass is 16.6. The van der Waals surface area contributed by atoms with E-state index in [1.54, 1.807) is 18.6 Å². The molecule has 1 aliphatic heterocycles. The second-order valence-corrected chi connectivity index (χ2v) is 3.34. The molecule has 0 aromatic carbocycles. The van der Waals surface area contributed by atoms with Gasteiger partial charge in [-0.1, -0.05) is 0 Å². The summed E-state index contributed by atoms with van der Waals surface area (Å²) in [6, 6.07) is 0. The molecule has 84 valence electrons. The third kappa shape index (κ3) is 2.44. The molecule has 16 heavy (non-hydrogen) atoms. The van der Waals surface area contributed by atoms with Gasteiger partial charge in [-0.15, -0.1) is 0 Å². The molecule has 0 aliphatic carbocycles. The van der Waals surface area contributed by atoms with E-state index in [2.05, 4.69) is 15.3 Å². The Morgan fingerprint density at radius 2 is 2.50 bits per heavy atom. The lowest BCUT2D eigenvalue weighted by Gasteiger charge is -2.15. The molecule has 2 rings (SSSR count). The second-order valence-electron chi connectivity index (χ2n) is 3.34. The summed E-state index contributed by atoms with van der Waals surface area (Å²) >= 11 is 0. The van der Waals surface area contributed by atoms with Gasteiger partial charge in [-0.25, -0.2) is 0 Å². The first-order chi connectivity index (χ1) is 7.75. The van der Waals surface area contributed by atoms with Gasteiger partial charge in [0, 0.05) is 25.5 Å². The third-order valence-corrected chi connectivity index (χ3v) is 2.23. The molecular formula is C9H11N5O2. The highest BCUT2D eigenvalue weighted by Gasteiger charge is 2.19. The van der Waals surface area contributed by atoms with Gasteiger partial charge in [0.05, 0.1) is 23.4 Å². The average molecular weight is 221 g/mol. The molecule has 0 spiro atoms. The molecule has 1 N–H and O–H groups in total. The van der Waals surface area contributed by atoms with Crippen LogP contribution in [0.5, 0.6) is 0 Å². The minimum absolute atomic E-state index is 0.461. The number of rotatable bonds is 3. The molecule has 0 unspecified atom stereocenters. The first kappa shape index (κ1) is 10.3. The highest BCUT2D eigenvalue weighted by molar-refractivity contribution is 5.04. The van der Waals surface area contributed by atoms with Crippen LogP contribution in [-0.2, 0) is 6.54 Å². The first-order valence-electron chi connectivity index (χ1n) is 4.85. The fraction of sp³-hybridized carbons (Fsp3) is 0.333. The summed E-state index contributed by atoms with van der Waals surface area (Å²) < 4.78 is 0. The molecule has 7 nitrogen and oxygen atoms in total. The van der Waals surface area contributed by atoms with Crippen LogP contribution in [0.15, 0.2) is 30.6 Å². The highest BCUT2D eigenvalue weighted by Crippen LogP contribution is 2.10. The topological polar surface area (TPSA) is 84.2 Å². The lowest BCUT2D eigenvalue weighted by Crippen LogP contribution is -2.21. The smallest absolute Gasteiger partial charge is 0.274 e. The Labute approximate surface area is 92.0 Å². The number of nitrogens with zero attached hydrogens (tertiary/aromatic N) is 4. The van der Waals surface area contributed by atoms with Gasteiger partial charge in [-0.05, 0) is 0 Å². The predicted molar refractivity (Wildman–Crippen MR) is 55.5 cm³/mol. The van der Waals surface area contributed by atoms with E-state index >= 15 is 0 Å². The molecule has 0 radical (unpaired) electrons. The molecule has 7 heteroatoms. The van der Waals surface area contributed by atoms with Gasteiger partial charge in [-0.3, -0.25) is 20.1 Å². The Morgan fingerprint density at radius 1 is 1.62 bits per heavy atom. The molecule has 0 bridgehead atoms. The van der Waals surface area contributed by atoms with Crippen molar-refractivity contribution in [3.8, 4) is 0 Å². The van der Waals surface area contributed by atoms with Crippen LogP contribution >= 0.6 is 0 Å².